The standard InChI is InChI=1S/C20H38N5O6.Gd/c21-5-3-1-2-4-6-22-7-9-23(15-18(26)27)11-13-25(17-20(30)31)14-12-24(10-8-22)16-19(28)29;/h7H,1-6,8-17,21H2,(H,26,27)(H,28,29)(H,30,31);. The number of aliphatic carboxylic acids is 3. The van der Waals surface area contributed by atoms with Crippen molar-refractivity contribution in [2.45, 2.75) is 27.5 Å². The molecule has 1 saturated heterocycles. The monoisotopic (exact) mass is 602 g/mol. The quantitative estimate of drug-likeness (QED) is 0.201. The van der Waals surface area contributed by atoms with Crippen LogP contribution in [0.25, 0.3) is 0 Å². The van der Waals surface area contributed by atoms with Gasteiger partial charge in [0.1, 0.15) is 0 Å². The van der Waals surface area contributed by atoms with Crippen molar-refractivity contribution in [3.63, 3.8) is 0 Å². The predicted molar refractivity (Wildman–Crippen MR) is 115 cm³/mol. The summed E-state index contributed by atoms with van der Waals surface area (Å²) in [5.41, 5.74) is 5.57. The summed E-state index contributed by atoms with van der Waals surface area (Å²) in [6.45, 7) is 4.73. The van der Waals surface area contributed by atoms with E-state index < -0.39 is 17.9 Å². The summed E-state index contributed by atoms with van der Waals surface area (Å²) >= 11 is 1.82. The van der Waals surface area contributed by atoms with E-state index in [9.17, 15) is 29.7 Å². The van der Waals surface area contributed by atoms with Crippen LogP contribution in [-0.4, -0.2) is 133 Å². The van der Waals surface area contributed by atoms with Gasteiger partial charge >= 0.3 is 217 Å². The molecule has 0 amide bonds. The van der Waals surface area contributed by atoms with Gasteiger partial charge in [0.15, 0.2) is 0 Å². The van der Waals surface area contributed by atoms with Crippen molar-refractivity contribution < 1.29 is 67.6 Å². The van der Waals surface area contributed by atoms with E-state index in [4.69, 9.17) is 5.73 Å². The first-order chi connectivity index (χ1) is 15.2. The average Bonchev–Trinajstić information content (AvgIpc) is 2.69. The van der Waals surface area contributed by atoms with Gasteiger partial charge in [-0.1, -0.05) is 0 Å². The van der Waals surface area contributed by atoms with E-state index in [2.05, 4.69) is 4.90 Å². The van der Waals surface area contributed by atoms with E-state index in [0.29, 0.717) is 52.4 Å². The molecule has 5 N–H and O–H groups in total. The zero-order chi connectivity index (χ0) is 23.9. The molecule has 32 heavy (non-hydrogen) atoms. The second kappa shape index (κ2) is 17.0. The minimum atomic E-state index is -0.956. The van der Waals surface area contributed by atoms with Crippen molar-refractivity contribution in [2.24, 2.45) is 5.73 Å². The molecule has 1 heterocycles. The summed E-state index contributed by atoms with van der Waals surface area (Å²) in [4.78, 5) is 41.7. The minimum absolute atomic E-state index is 0.0902. The summed E-state index contributed by atoms with van der Waals surface area (Å²) in [6.07, 6.45) is 4.17. The molecule has 1 aliphatic rings. The molecule has 0 radical (unpaired) electrons. The molecule has 187 valence electrons. The fourth-order valence-corrected chi connectivity index (χ4v) is 4.88. The summed E-state index contributed by atoms with van der Waals surface area (Å²) in [5.74, 6) is -2.77. The first-order valence-corrected chi connectivity index (χ1v) is 12.4. The number of rotatable bonds is 12. The van der Waals surface area contributed by atoms with Crippen molar-refractivity contribution in [3.05, 3.63) is 0 Å². The van der Waals surface area contributed by atoms with E-state index in [1.165, 1.54) is 0 Å². The average molecular weight is 602 g/mol. The van der Waals surface area contributed by atoms with Gasteiger partial charge in [-0.15, -0.1) is 0 Å². The molecule has 1 aliphatic heterocycles. The zero-order valence-corrected chi connectivity index (χ0v) is 20.9. The normalized spacial score (nSPS) is 21.0. The Hall–Kier alpha value is -0.465. The van der Waals surface area contributed by atoms with Crippen LogP contribution >= 0.6 is 0 Å². The van der Waals surface area contributed by atoms with E-state index in [1.54, 1.807) is 4.90 Å². The maximum atomic E-state index is 11.4. The van der Waals surface area contributed by atoms with Crippen LogP contribution in [-0.2, 0) is 14.4 Å². The Morgan fingerprint density at radius 2 is 1.16 bits per heavy atom. The number of carboxylic acid groups (broad SMARTS) is 3. The third-order valence-electron chi connectivity index (χ3n) is 5.44. The molecule has 0 aliphatic carbocycles. The number of hydrogen-bond donors (Lipinski definition) is 4. The van der Waals surface area contributed by atoms with E-state index in [1.807, 2.05) is 47.7 Å². The third-order valence-corrected chi connectivity index (χ3v) is 6.68. The van der Waals surface area contributed by atoms with Gasteiger partial charge in [0.2, 0.25) is 0 Å². The zero-order valence-electron chi connectivity index (χ0n) is 18.7. The molecule has 1 fully saturated rings. The van der Waals surface area contributed by atoms with Gasteiger partial charge in [-0.3, -0.25) is 0 Å². The number of nitrogens with zero attached hydrogens (tertiary/aromatic N) is 4. The summed E-state index contributed by atoms with van der Waals surface area (Å²) in [5, 5.41) is 27.8. The Bertz CT molecular complexity index is 585. The van der Waals surface area contributed by atoms with Crippen LogP contribution < -0.4 is 5.73 Å². The Balaban J connectivity index is 2.92. The Morgan fingerprint density at radius 3 is 1.66 bits per heavy atom. The number of hydrogen-bond acceptors (Lipinski definition) is 8. The second-order valence-corrected chi connectivity index (χ2v) is 9.64. The van der Waals surface area contributed by atoms with Crippen molar-refractivity contribution >= 4 is 17.9 Å². The molecule has 1 unspecified atom stereocenters. The van der Waals surface area contributed by atoms with Crippen molar-refractivity contribution in [1.82, 2.24) is 19.6 Å². The van der Waals surface area contributed by atoms with E-state index in [0.717, 1.165) is 32.2 Å². The van der Waals surface area contributed by atoms with Crippen LogP contribution in [0.5, 0.6) is 0 Å². The molecule has 0 aromatic carbocycles. The van der Waals surface area contributed by atoms with Crippen molar-refractivity contribution in [1.29, 1.82) is 0 Å². The molecule has 0 spiro atoms. The summed E-state index contributed by atoms with van der Waals surface area (Å²) in [6, 6.07) is 0. The van der Waals surface area contributed by atoms with Crippen molar-refractivity contribution in [3.8, 4) is 0 Å². The SMILES string of the molecule is NCCCCCCN1CCN(CC(=O)O)CCN(CC(=O)O)CCN(CC(=O)O)C[CH]1[Gd]. The van der Waals surface area contributed by atoms with Crippen LogP contribution in [0.1, 0.15) is 25.7 Å². The maximum absolute atomic E-state index is 11.4. The molecule has 12 heteroatoms. The van der Waals surface area contributed by atoms with Gasteiger partial charge in [-0.05, 0) is 0 Å². The van der Waals surface area contributed by atoms with Gasteiger partial charge in [0.25, 0.3) is 0 Å². The predicted octanol–water partition coefficient (Wildman–Crippen LogP) is -1.14. The number of nitrogens with two attached hydrogens (primary N) is 1. The molecule has 0 bridgehead atoms. The molecular weight excluding hydrogens is 563 g/mol. The molecule has 0 saturated carbocycles. The fourth-order valence-electron chi connectivity index (χ4n) is 3.70. The molecule has 1 atom stereocenters. The molecule has 1 rings (SSSR count). The van der Waals surface area contributed by atoms with Gasteiger partial charge in [0, 0.05) is 0 Å². The van der Waals surface area contributed by atoms with Crippen LogP contribution in [0.3, 0.4) is 0 Å². The Kier molecular flexibility index (Phi) is 15.7. The van der Waals surface area contributed by atoms with E-state index >= 15 is 0 Å². The van der Waals surface area contributed by atoms with Crippen molar-refractivity contribution in [2.75, 3.05) is 78.5 Å². The van der Waals surface area contributed by atoms with Gasteiger partial charge in [0.05, 0.1) is 0 Å². The Morgan fingerprint density at radius 1 is 0.719 bits per heavy atom. The number of carboxylic acids is 3. The van der Waals surface area contributed by atoms with Gasteiger partial charge in [-0.2, -0.15) is 0 Å². The number of unbranched alkanes of at least 4 members (excludes halogenated alkanes) is 3. The van der Waals surface area contributed by atoms with E-state index in [-0.39, 0.29) is 21.5 Å². The molecule has 0 aromatic heterocycles. The van der Waals surface area contributed by atoms with Crippen LogP contribution in [0.15, 0.2) is 0 Å². The first kappa shape index (κ1) is 29.6. The summed E-state index contributed by atoms with van der Waals surface area (Å²) in [7, 11) is 0. The number of carbonyl (C=O) groups is 3. The van der Waals surface area contributed by atoms with Crippen LogP contribution in [0.2, 0.25) is 0 Å². The van der Waals surface area contributed by atoms with Gasteiger partial charge in [-0.25, -0.2) is 0 Å². The van der Waals surface area contributed by atoms with Crippen LogP contribution in [0, 0.1) is 37.9 Å². The summed E-state index contributed by atoms with van der Waals surface area (Å²) < 4.78 is 0.114. The van der Waals surface area contributed by atoms with Gasteiger partial charge < -0.3 is 0 Å². The topological polar surface area (TPSA) is 151 Å². The second-order valence-electron chi connectivity index (χ2n) is 8.13. The first-order valence-electron chi connectivity index (χ1n) is 11.1. The molecular formula is C20H38GdN5O6. The fraction of sp³-hybridized carbons (Fsp3) is 0.850. The third kappa shape index (κ3) is 13.9. The molecule has 11 nitrogen and oxygen atoms in total. The molecule has 0 aromatic rings. The Labute approximate surface area is 215 Å². The van der Waals surface area contributed by atoms with Crippen LogP contribution in [0.4, 0.5) is 0 Å².